The van der Waals surface area contributed by atoms with Gasteiger partial charge >= 0.3 is 5.97 Å². The smallest absolute Gasteiger partial charge is 0.338 e. The molecular formula is C16H23NO3. The molecule has 1 unspecified atom stereocenters. The molecule has 1 N–H and O–H groups in total. The quantitative estimate of drug-likeness (QED) is 0.611. The normalized spacial score (nSPS) is 11.8. The number of carbonyl (C=O) groups is 2. The number of benzene rings is 1. The third kappa shape index (κ3) is 5.03. The van der Waals surface area contributed by atoms with Gasteiger partial charge in [-0.05, 0) is 37.1 Å². The summed E-state index contributed by atoms with van der Waals surface area (Å²) in [5.74, 6) is -0.349. The zero-order valence-corrected chi connectivity index (χ0v) is 12.4. The van der Waals surface area contributed by atoms with Gasteiger partial charge in [-0.15, -0.1) is 0 Å². The number of hydrogen-bond acceptors (Lipinski definition) is 3. The van der Waals surface area contributed by atoms with Crippen LogP contribution in [0.1, 0.15) is 50.4 Å². The molecule has 0 bridgehead atoms. The van der Waals surface area contributed by atoms with E-state index in [-0.39, 0.29) is 17.8 Å². The van der Waals surface area contributed by atoms with Crippen LogP contribution in [0.4, 0.5) is 5.69 Å². The maximum Gasteiger partial charge on any atom is 0.338 e. The highest BCUT2D eigenvalue weighted by Gasteiger charge is 2.11. The summed E-state index contributed by atoms with van der Waals surface area (Å²) in [5, 5.41) is 2.82. The van der Waals surface area contributed by atoms with Gasteiger partial charge in [-0.25, -0.2) is 4.79 Å². The number of unbranched alkanes of at least 4 members (excludes halogenated alkanes) is 1. The lowest BCUT2D eigenvalue weighted by molar-refractivity contribution is -0.119. The monoisotopic (exact) mass is 277 g/mol. The van der Waals surface area contributed by atoms with Gasteiger partial charge in [0.25, 0.3) is 0 Å². The van der Waals surface area contributed by atoms with E-state index in [4.69, 9.17) is 4.74 Å². The molecule has 4 nitrogen and oxygen atoms in total. The van der Waals surface area contributed by atoms with Crippen molar-refractivity contribution in [2.75, 3.05) is 11.9 Å². The summed E-state index contributed by atoms with van der Waals surface area (Å²) in [6.07, 6.45) is 2.66. The Labute approximate surface area is 120 Å². The molecule has 0 aliphatic carbocycles. The van der Waals surface area contributed by atoms with E-state index in [0.717, 1.165) is 19.3 Å². The molecule has 1 aromatic carbocycles. The van der Waals surface area contributed by atoms with Crippen molar-refractivity contribution in [1.82, 2.24) is 0 Å². The Morgan fingerprint density at radius 2 is 1.85 bits per heavy atom. The van der Waals surface area contributed by atoms with E-state index >= 15 is 0 Å². The first-order valence-electron chi connectivity index (χ1n) is 7.16. The van der Waals surface area contributed by atoms with E-state index in [0.29, 0.717) is 17.9 Å². The van der Waals surface area contributed by atoms with E-state index in [9.17, 15) is 9.59 Å². The number of carbonyl (C=O) groups excluding carboxylic acids is 2. The van der Waals surface area contributed by atoms with Crippen LogP contribution in [0.3, 0.4) is 0 Å². The number of anilines is 1. The van der Waals surface area contributed by atoms with Gasteiger partial charge < -0.3 is 10.1 Å². The second-order valence-electron chi connectivity index (χ2n) is 4.87. The molecule has 1 amide bonds. The summed E-state index contributed by atoms with van der Waals surface area (Å²) in [6, 6.07) is 6.77. The van der Waals surface area contributed by atoms with Gasteiger partial charge in [0.2, 0.25) is 5.91 Å². The average Bonchev–Trinajstić information content (AvgIpc) is 2.47. The van der Waals surface area contributed by atoms with Crippen LogP contribution < -0.4 is 5.32 Å². The SMILES string of the molecule is CCCCOC(=O)c1ccc(NC(=O)C(C)CC)cc1. The molecule has 0 saturated carbocycles. The van der Waals surface area contributed by atoms with E-state index < -0.39 is 0 Å². The third-order valence-electron chi connectivity index (χ3n) is 3.18. The molecule has 4 heteroatoms. The fourth-order valence-corrected chi connectivity index (χ4v) is 1.53. The van der Waals surface area contributed by atoms with Crippen LogP contribution in [0.5, 0.6) is 0 Å². The predicted molar refractivity (Wildman–Crippen MR) is 79.7 cm³/mol. The molecule has 20 heavy (non-hydrogen) atoms. The summed E-state index contributed by atoms with van der Waals surface area (Å²) >= 11 is 0. The molecule has 1 aromatic rings. The van der Waals surface area contributed by atoms with E-state index in [1.165, 1.54) is 0 Å². The van der Waals surface area contributed by atoms with Crippen LogP contribution in [-0.2, 0) is 9.53 Å². The summed E-state index contributed by atoms with van der Waals surface area (Å²) in [4.78, 5) is 23.4. The van der Waals surface area contributed by atoms with Gasteiger partial charge in [-0.2, -0.15) is 0 Å². The Morgan fingerprint density at radius 3 is 2.40 bits per heavy atom. The van der Waals surface area contributed by atoms with Crippen molar-refractivity contribution in [1.29, 1.82) is 0 Å². The van der Waals surface area contributed by atoms with Crippen molar-refractivity contribution >= 4 is 17.6 Å². The van der Waals surface area contributed by atoms with Crippen LogP contribution in [-0.4, -0.2) is 18.5 Å². The minimum absolute atomic E-state index is 0.00854. The Balaban J connectivity index is 2.55. The second kappa shape index (κ2) is 8.35. The Hall–Kier alpha value is -1.84. The first-order valence-corrected chi connectivity index (χ1v) is 7.16. The summed E-state index contributed by atoms with van der Waals surface area (Å²) in [7, 11) is 0. The Bertz CT molecular complexity index is 440. The van der Waals surface area contributed by atoms with Crippen molar-refractivity contribution in [2.24, 2.45) is 5.92 Å². The molecule has 1 rings (SSSR count). The lowest BCUT2D eigenvalue weighted by Crippen LogP contribution is -2.19. The molecule has 0 saturated heterocycles. The van der Waals surface area contributed by atoms with Crippen molar-refractivity contribution in [2.45, 2.75) is 40.0 Å². The number of esters is 1. The number of nitrogens with one attached hydrogen (secondary N) is 1. The average molecular weight is 277 g/mol. The van der Waals surface area contributed by atoms with E-state index in [1.54, 1.807) is 24.3 Å². The van der Waals surface area contributed by atoms with Gasteiger partial charge in [0, 0.05) is 11.6 Å². The summed E-state index contributed by atoms with van der Waals surface area (Å²) in [6.45, 7) is 6.35. The molecule has 110 valence electrons. The fourth-order valence-electron chi connectivity index (χ4n) is 1.53. The van der Waals surface area contributed by atoms with E-state index in [2.05, 4.69) is 5.32 Å². The van der Waals surface area contributed by atoms with E-state index in [1.807, 2.05) is 20.8 Å². The predicted octanol–water partition coefficient (Wildman–Crippen LogP) is 3.63. The van der Waals surface area contributed by atoms with Gasteiger partial charge in [-0.3, -0.25) is 4.79 Å². The molecule has 1 atom stereocenters. The maximum atomic E-state index is 11.7. The molecular weight excluding hydrogens is 254 g/mol. The molecule has 0 radical (unpaired) electrons. The van der Waals surface area contributed by atoms with Gasteiger partial charge in [0.05, 0.1) is 12.2 Å². The standard InChI is InChI=1S/C16H23NO3/c1-4-6-11-20-16(19)13-7-9-14(10-8-13)17-15(18)12(3)5-2/h7-10,12H,4-6,11H2,1-3H3,(H,17,18). The maximum absolute atomic E-state index is 11.7. The second-order valence-corrected chi connectivity index (χ2v) is 4.87. The Kier molecular flexibility index (Phi) is 6.77. The zero-order chi connectivity index (χ0) is 15.0. The van der Waals surface area contributed by atoms with Crippen LogP contribution in [0.15, 0.2) is 24.3 Å². The highest BCUT2D eigenvalue weighted by Crippen LogP contribution is 2.13. The van der Waals surface area contributed by atoms with Gasteiger partial charge in [0.15, 0.2) is 0 Å². The highest BCUT2D eigenvalue weighted by atomic mass is 16.5. The first kappa shape index (κ1) is 16.2. The number of ether oxygens (including phenoxy) is 1. The summed E-state index contributed by atoms with van der Waals surface area (Å²) in [5.41, 5.74) is 1.20. The highest BCUT2D eigenvalue weighted by molar-refractivity contribution is 5.94. The minimum atomic E-state index is -0.321. The third-order valence-corrected chi connectivity index (χ3v) is 3.18. The first-order chi connectivity index (χ1) is 9.58. The topological polar surface area (TPSA) is 55.4 Å². The zero-order valence-electron chi connectivity index (χ0n) is 12.4. The molecule has 0 fully saturated rings. The molecule has 0 heterocycles. The lowest BCUT2D eigenvalue weighted by Gasteiger charge is -2.10. The number of amides is 1. The van der Waals surface area contributed by atoms with Crippen molar-refractivity contribution < 1.29 is 14.3 Å². The molecule has 0 spiro atoms. The summed E-state index contributed by atoms with van der Waals surface area (Å²) < 4.78 is 5.12. The van der Waals surface area contributed by atoms with Crippen LogP contribution in [0, 0.1) is 5.92 Å². The van der Waals surface area contributed by atoms with Crippen molar-refractivity contribution in [3.63, 3.8) is 0 Å². The largest absolute Gasteiger partial charge is 0.462 e. The van der Waals surface area contributed by atoms with Crippen LogP contribution in [0.2, 0.25) is 0 Å². The van der Waals surface area contributed by atoms with Gasteiger partial charge in [-0.1, -0.05) is 27.2 Å². The lowest BCUT2D eigenvalue weighted by atomic mass is 10.1. The fraction of sp³-hybridized carbons (Fsp3) is 0.500. The number of rotatable bonds is 7. The Morgan fingerprint density at radius 1 is 1.20 bits per heavy atom. The minimum Gasteiger partial charge on any atom is -0.462 e. The van der Waals surface area contributed by atoms with Crippen LogP contribution >= 0.6 is 0 Å². The van der Waals surface area contributed by atoms with Crippen LogP contribution in [0.25, 0.3) is 0 Å². The molecule has 0 aliphatic heterocycles. The van der Waals surface area contributed by atoms with Gasteiger partial charge in [0.1, 0.15) is 0 Å². The molecule has 0 aliphatic rings. The molecule has 0 aromatic heterocycles. The van der Waals surface area contributed by atoms with Crippen molar-refractivity contribution in [3.8, 4) is 0 Å². The van der Waals surface area contributed by atoms with Crippen molar-refractivity contribution in [3.05, 3.63) is 29.8 Å². The number of hydrogen-bond donors (Lipinski definition) is 1.